The number of hydrogen-bond donors (Lipinski definition) is 1. The Hall–Kier alpha value is -3.14. The van der Waals surface area contributed by atoms with E-state index in [-0.39, 0.29) is 11.3 Å². The highest BCUT2D eigenvalue weighted by atomic mass is 16.5. The Morgan fingerprint density at radius 2 is 1.59 bits per heavy atom. The summed E-state index contributed by atoms with van der Waals surface area (Å²) in [6, 6.07) is 20.6. The molecule has 4 rings (SSSR count). The lowest BCUT2D eigenvalue weighted by atomic mass is 9.93. The fraction of sp³-hybridized carbons (Fsp3) is 0.217. The summed E-state index contributed by atoms with van der Waals surface area (Å²) >= 11 is 0. The molecule has 0 saturated heterocycles. The van der Waals surface area contributed by atoms with Crippen molar-refractivity contribution < 1.29 is 9.32 Å². The number of hydrogen-bond acceptors (Lipinski definition) is 3. The van der Waals surface area contributed by atoms with Crippen LogP contribution in [0.15, 0.2) is 65.2 Å². The Kier molecular flexibility index (Phi) is 4.19. The first-order chi connectivity index (χ1) is 12.9. The number of fused-ring (bicyclic) bond motifs is 2. The average molecular weight is 358 g/mol. The van der Waals surface area contributed by atoms with Gasteiger partial charge in [-0.15, -0.1) is 0 Å². The predicted octanol–water partition coefficient (Wildman–Crippen LogP) is 5.46. The van der Waals surface area contributed by atoms with Crippen LogP contribution in [0.5, 0.6) is 0 Å². The molecule has 136 valence electrons. The summed E-state index contributed by atoms with van der Waals surface area (Å²) in [5, 5.41) is 11.5. The van der Waals surface area contributed by atoms with Gasteiger partial charge in [0, 0.05) is 11.5 Å². The molecule has 0 bridgehead atoms. The van der Waals surface area contributed by atoms with Gasteiger partial charge in [0.25, 0.3) is 0 Å². The van der Waals surface area contributed by atoms with Crippen molar-refractivity contribution in [1.29, 1.82) is 0 Å². The number of anilines is 1. The van der Waals surface area contributed by atoms with Gasteiger partial charge in [-0.25, -0.2) is 0 Å². The minimum Gasteiger partial charge on any atom is -0.359 e. The molecule has 1 N–H and O–H groups in total. The second kappa shape index (κ2) is 6.54. The van der Waals surface area contributed by atoms with Crippen LogP contribution < -0.4 is 5.32 Å². The van der Waals surface area contributed by atoms with E-state index < -0.39 is 0 Å². The summed E-state index contributed by atoms with van der Waals surface area (Å²) in [5.74, 6) is 1.09. The minimum absolute atomic E-state index is 0.108. The molecule has 0 atom stereocenters. The molecule has 0 aliphatic carbocycles. The van der Waals surface area contributed by atoms with Gasteiger partial charge in [-0.3, -0.25) is 4.79 Å². The molecule has 1 amide bonds. The lowest BCUT2D eigenvalue weighted by molar-refractivity contribution is -0.115. The van der Waals surface area contributed by atoms with Crippen LogP contribution >= 0.6 is 0 Å². The zero-order chi connectivity index (χ0) is 19.0. The van der Waals surface area contributed by atoms with Crippen LogP contribution in [0.1, 0.15) is 32.1 Å². The smallest absolute Gasteiger partial charge is 0.230 e. The number of nitrogens with one attached hydrogen (secondary N) is 1. The lowest BCUT2D eigenvalue weighted by Gasteiger charge is -2.12. The van der Waals surface area contributed by atoms with E-state index in [1.165, 1.54) is 16.2 Å². The molecule has 3 aromatic carbocycles. The third-order valence-electron chi connectivity index (χ3n) is 4.65. The molecule has 0 saturated carbocycles. The maximum atomic E-state index is 12.4. The fourth-order valence-electron chi connectivity index (χ4n) is 3.16. The van der Waals surface area contributed by atoms with Crippen molar-refractivity contribution in [2.24, 2.45) is 0 Å². The summed E-state index contributed by atoms with van der Waals surface area (Å²) in [7, 11) is 0. The molecule has 4 aromatic rings. The van der Waals surface area contributed by atoms with Gasteiger partial charge in [0.15, 0.2) is 5.82 Å². The second-order valence-electron chi connectivity index (χ2n) is 7.93. The summed E-state index contributed by atoms with van der Waals surface area (Å²) in [6.45, 7) is 6.12. The topological polar surface area (TPSA) is 55.1 Å². The van der Waals surface area contributed by atoms with Crippen molar-refractivity contribution in [2.45, 2.75) is 32.6 Å². The Balaban J connectivity index is 1.53. The van der Waals surface area contributed by atoms with Gasteiger partial charge in [-0.2, -0.15) is 0 Å². The Morgan fingerprint density at radius 1 is 0.926 bits per heavy atom. The van der Waals surface area contributed by atoms with Crippen molar-refractivity contribution in [3.05, 3.63) is 72.0 Å². The molecule has 4 nitrogen and oxygen atoms in total. The predicted molar refractivity (Wildman–Crippen MR) is 109 cm³/mol. The highest BCUT2D eigenvalue weighted by Crippen LogP contribution is 2.25. The van der Waals surface area contributed by atoms with E-state index in [0.717, 1.165) is 16.7 Å². The summed E-state index contributed by atoms with van der Waals surface area (Å²) in [4.78, 5) is 12.4. The highest BCUT2D eigenvalue weighted by Gasteiger charge is 2.20. The maximum absolute atomic E-state index is 12.4. The molecular formula is C23H22N2O2. The zero-order valence-electron chi connectivity index (χ0n) is 15.7. The first-order valence-corrected chi connectivity index (χ1v) is 9.07. The van der Waals surface area contributed by atoms with Crippen molar-refractivity contribution >= 4 is 33.3 Å². The minimum atomic E-state index is -0.142. The van der Waals surface area contributed by atoms with E-state index in [0.29, 0.717) is 12.2 Å². The van der Waals surface area contributed by atoms with Gasteiger partial charge < -0.3 is 9.84 Å². The number of amides is 1. The van der Waals surface area contributed by atoms with Crippen LogP contribution in [0, 0.1) is 0 Å². The Morgan fingerprint density at radius 3 is 2.26 bits per heavy atom. The molecule has 0 fully saturated rings. The highest BCUT2D eigenvalue weighted by molar-refractivity contribution is 5.99. The molecule has 0 spiro atoms. The van der Waals surface area contributed by atoms with Gasteiger partial charge in [0.05, 0.1) is 6.42 Å². The summed E-state index contributed by atoms with van der Waals surface area (Å²) in [6.07, 6.45) is 0.292. The molecular weight excluding hydrogens is 336 g/mol. The molecule has 0 aliphatic heterocycles. The normalized spacial score (nSPS) is 11.8. The Labute approximate surface area is 158 Å². The molecule has 27 heavy (non-hydrogen) atoms. The zero-order valence-corrected chi connectivity index (χ0v) is 15.7. The molecule has 0 unspecified atom stereocenters. The largest absolute Gasteiger partial charge is 0.359 e. The Bertz CT molecular complexity index is 1140. The number of carbonyl (C=O) groups is 1. The number of benzene rings is 3. The fourth-order valence-corrected chi connectivity index (χ4v) is 3.16. The first-order valence-electron chi connectivity index (χ1n) is 9.07. The number of rotatable bonds is 3. The van der Waals surface area contributed by atoms with E-state index >= 15 is 0 Å². The van der Waals surface area contributed by atoms with Crippen LogP contribution in [0.2, 0.25) is 0 Å². The van der Waals surface area contributed by atoms with Crippen LogP contribution in [-0.2, 0) is 16.6 Å². The van der Waals surface area contributed by atoms with Crippen molar-refractivity contribution in [3.63, 3.8) is 0 Å². The number of carbonyl (C=O) groups excluding carboxylic acids is 1. The average Bonchev–Trinajstić information content (AvgIpc) is 3.08. The van der Waals surface area contributed by atoms with Crippen LogP contribution in [-0.4, -0.2) is 11.1 Å². The maximum Gasteiger partial charge on any atom is 0.230 e. The van der Waals surface area contributed by atoms with E-state index in [1.807, 2.05) is 39.0 Å². The van der Waals surface area contributed by atoms with Crippen molar-refractivity contribution in [2.75, 3.05) is 5.32 Å². The van der Waals surface area contributed by atoms with Gasteiger partial charge in [-0.05, 0) is 39.2 Å². The van der Waals surface area contributed by atoms with Gasteiger partial charge in [0.1, 0.15) is 5.76 Å². The third kappa shape index (κ3) is 3.70. The quantitative estimate of drug-likeness (QED) is 0.495. The van der Waals surface area contributed by atoms with Crippen LogP contribution in [0.4, 0.5) is 5.82 Å². The molecule has 4 heteroatoms. The lowest BCUT2D eigenvalue weighted by Crippen LogP contribution is -2.14. The van der Waals surface area contributed by atoms with E-state index in [2.05, 4.69) is 46.9 Å². The van der Waals surface area contributed by atoms with Crippen LogP contribution in [0.25, 0.3) is 21.5 Å². The van der Waals surface area contributed by atoms with E-state index in [1.54, 1.807) is 6.07 Å². The first kappa shape index (κ1) is 17.3. The second-order valence-corrected chi connectivity index (χ2v) is 7.93. The third-order valence-corrected chi connectivity index (χ3v) is 4.65. The summed E-state index contributed by atoms with van der Waals surface area (Å²) in [5.41, 5.74) is 0.826. The van der Waals surface area contributed by atoms with Crippen molar-refractivity contribution in [1.82, 2.24) is 5.16 Å². The van der Waals surface area contributed by atoms with Crippen molar-refractivity contribution in [3.8, 4) is 0 Å². The summed E-state index contributed by atoms with van der Waals surface area (Å²) < 4.78 is 5.31. The van der Waals surface area contributed by atoms with E-state index in [9.17, 15) is 4.79 Å². The number of aromatic nitrogens is 1. The molecule has 0 radical (unpaired) electrons. The van der Waals surface area contributed by atoms with E-state index in [4.69, 9.17) is 4.52 Å². The molecule has 1 aromatic heterocycles. The van der Waals surface area contributed by atoms with Gasteiger partial charge >= 0.3 is 0 Å². The number of nitrogens with zero attached hydrogens (tertiary/aromatic N) is 1. The molecule has 1 heterocycles. The van der Waals surface area contributed by atoms with Gasteiger partial charge in [0.2, 0.25) is 5.91 Å². The van der Waals surface area contributed by atoms with Gasteiger partial charge in [-0.1, -0.05) is 68.4 Å². The molecule has 0 aliphatic rings. The SMILES string of the molecule is CC(C)(C)c1cc(NC(=O)Cc2ccc3cc4ccccc4cc3c2)no1. The standard InChI is InChI=1S/C23H22N2O2/c1-23(2,3)20-14-21(25-27-20)24-22(26)11-15-8-9-18-12-16-6-4-5-7-17(16)13-19(18)10-15/h4-10,12-14H,11H2,1-3H3,(H,24,25,26). The van der Waals surface area contributed by atoms with Crippen LogP contribution in [0.3, 0.4) is 0 Å². The monoisotopic (exact) mass is 358 g/mol.